The van der Waals surface area contributed by atoms with Gasteiger partial charge in [-0.05, 0) is 55.4 Å². The number of aromatic nitrogens is 2. The fourth-order valence-corrected chi connectivity index (χ4v) is 4.66. The Hall–Kier alpha value is -2.77. The zero-order valence-corrected chi connectivity index (χ0v) is 18.0. The highest BCUT2D eigenvalue weighted by Gasteiger charge is 2.41. The SMILES string of the molecule is CC(C)CC1C(=O)N[C@@H](C2CCCCC2)CN1C(=O)c1noc(-c2ccc(F)cc2)n1. The normalized spacial score (nSPS) is 22.6. The molecule has 31 heavy (non-hydrogen) atoms. The smallest absolute Gasteiger partial charge is 0.296 e. The maximum Gasteiger partial charge on any atom is 0.296 e. The molecule has 2 atom stereocenters. The first-order valence-electron chi connectivity index (χ1n) is 11.1. The molecule has 166 valence electrons. The van der Waals surface area contributed by atoms with Gasteiger partial charge in [-0.15, -0.1) is 0 Å². The molecule has 2 aliphatic rings. The third-order valence-corrected chi connectivity index (χ3v) is 6.28. The van der Waals surface area contributed by atoms with Crippen molar-refractivity contribution in [2.24, 2.45) is 11.8 Å². The van der Waals surface area contributed by atoms with Gasteiger partial charge in [-0.2, -0.15) is 4.98 Å². The summed E-state index contributed by atoms with van der Waals surface area (Å²) in [6.45, 7) is 4.52. The summed E-state index contributed by atoms with van der Waals surface area (Å²) < 4.78 is 18.4. The monoisotopic (exact) mass is 428 g/mol. The Morgan fingerprint density at radius 3 is 2.61 bits per heavy atom. The van der Waals surface area contributed by atoms with E-state index in [2.05, 4.69) is 15.5 Å². The van der Waals surface area contributed by atoms with Crippen molar-refractivity contribution in [1.82, 2.24) is 20.4 Å². The summed E-state index contributed by atoms with van der Waals surface area (Å²) in [6.07, 6.45) is 6.25. The van der Waals surface area contributed by atoms with Gasteiger partial charge in [-0.1, -0.05) is 38.3 Å². The Bertz CT molecular complexity index is 921. The van der Waals surface area contributed by atoms with Gasteiger partial charge < -0.3 is 14.7 Å². The van der Waals surface area contributed by atoms with Gasteiger partial charge in [0, 0.05) is 18.2 Å². The number of piperazine rings is 1. The molecular weight excluding hydrogens is 399 g/mol. The topological polar surface area (TPSA) is 88.3 Å². The van der Waals surface area contributed by atoms with E-state index in [0.29, 0.717) is 24.4 Å². The molecule has 7 nitrogen and oxygen atoms in total. The zero-order valence-electron chi connectivity index (χ0n) is 18.0. The van der Waals surface area contributed by atoms with Crippen LogP contribution in [0.5, 0.6) is 0 Å². The molecule has 1 aliphatic carbocycles. The van der Waals surface area contributed by atoms with E-state index < -0.39 is 11.9 Å². The van der Waals surface area contributed by atoms with Gasteiger partial charge in [0.15, 0.2) is 0 Å². The molecule has 1 saturated carbocycles. The minimum atomic E-state index is -0.555. The van der Waals surface area contributed by atoms with Crippen molar-refractivity contribution in [3.8, 4) is 11.5 Å². The number of carbonyl (C=O) groups is 2. The number of nitrogens with one attached hydrogen (secondary N) is 1. The quantitative estimate of drug-likeness (QED) is 0.782. The lowest BCUT2D eigenvalue weighted by Gasteiger charge is -2.43. The van der Waals surface area contributed by atoms with E-state index in [4.69, 9.17) is 4.52 Å². The van der Waals surface area contributed by atoms with Crippen molar-refractivity contribution in [1.29, 1.82) is 0 Å². The largest absolute Gasteiger partial charge is 0.350 e. The van der Waals surface area contributed by atoms with Crippen LogP contribution in [0, 0.1) is 17.7 Å². The summed E-state index contributed by atoms with van der Waals surface area (Å²) in [6, 6.07) is 5.02. The predicted molar refractivity (Wildman–Crippen MR) is 112 cm³/mol. The molecule has 1 aliphatic heterocycles. The number of hydrogen-bond acceptors (Lipinski definition) is 5. The van der Waals surface area contributed by atoms with Crippen LogP contribution in [0.4, 0.5) is 4.39 Å². The Labute approximate surface area is 181 Å². The van der Waals surface area contributed by atoms with E-state index in [-0.39, 0.29) is 35.4 Å². The summed E-state index contributed by atoms with van der Waals surface area (Å²) in [5.41, 5.74) is 0.531. The Morgan fingerprint density at radius 2 is 1.94 bits per heavy atom. The summed E-state index contributed by atoms with van der Waals surface area (Å²) in [7, 11) is 0. The highest BCUT2D eigenvalue weighted by molar-refractivity contribution is 5.96. The second kappa shape index (κ2) is 9.16. The third kappa shape index (κ3) is 4.78. The molecule has 2 aromatic rings. The maximum absolute atomic E-state index is 13.4. The number of halogens is 1. The molecule has 2 heterocycles. The number of hydrogen-bond donors (Lipinski definition) is 1. The maximum atomic E-state index is 13.4. The average Bonchev–Trinajstić information content (AvgIpc) is 3.25. The Balaban J connectivity index is 1.57. The molecule has 0 radical (unpaired) electrons. The molecule has 2 fully saturated rings. The molecule has 1 saturated heterocycles. The summed E-state index contributed by atoms with van der Waals surface area (Å²) in [5, 5.41) is 7.05. The van der Waals surface area contributed by atoms with Crippen LogP contribution in [0.1, 0.15) is 63.0 Å². The van der Waals surface area contributed by atoms with Gasteiger partial charge in [-0.25, -0.2) is 4.39 Å². The second-order valence-electron chi connectivity index (χ2n) is 9.05. The van der Waals surface area contributed by atoms with E-state index >= 15 is 0 Å². The standard InChI is InChI=1S/C23H29FN4O3/c1-14(2)12-19-21(29)25-18(15-6-4-3-5-7-15)13-28(19)23(30)20-26-22(31-27-20)16-8-10-17(24)11-9-16/h8-11,14-15,18-19H,3-7,12-13H2,1-2H3,(H,25,29)/t18-,19?/m1/s1. The fraction of sp³-hybridized carbons (Fsp3) is 0.565. The number of rotatable bonds is 5. The van der Waals surface area contributed by atoms with Crippen molar-refractivity contribution >= 4 is 11.8 Å². The predicted octanol–water partition coefficient (Wildman–Crippen LogP) is 3.81. The zero-order chi connectivity index (χ0) is 22.0. The van der Waals surface area contributed by atoms with Crippen LogP contribution < -0.4 is 5.32 Å². The molecule has 8 heteroatoms. The number of benzene rings is 1. The van der Waals surface area contributed by atoms with Crippen LogP contribution in [-0.4, -0.2) is 45.5 Å². The third-order valence-electron chi connectivity index (χ3n) is 6.28. The van der Waals surface area contributed by atoms with Crippen LogP contribution in [0.15, 0.2) is 28.8 Å². The van der Waals surface area contributed by atoms with Gasteiger partial charge in [0.2, 0.25) is 5.91 Å². The van der Waals surface area contributed by atoms with E-state index in [9.17, 15) is 14.0 Å². The van der Waals surface area contributed by atoms with Crippen LogP contribution in [0.3, 0.4) is 0 Å². The van der Waals surface area contributed by atoms with Crippen molar-refractivity contribution in [3.63, 3.8) is 0 Å². The first-order valence-corrected chi connectivity index (χ1v) is 11.1. The number of nitrogens with zero attached hydrogens (tertiary/aromatic N) is 3. The van der Waals surface area contributed by atoms with Crippen LogP contribution in [0.25, 0.3) is 11.5 Å². The Kier molecular flexibility index (Phi) is 6.34. The highest BCUT2D eigenvalue weighted by Crippen LogP contribution is 2.30. The molecule has 0 spiro atoms. The van der Waals surface area contributed by atoms with Gasteiger partial charge in [0.05, 0.1) is 0 Å². The number of amides is 2. The first-order chi connectivity index (χ1) is 14.9. The van der Waals surface area contributed by atoms with Crippen molar-refractivity contribution < 1.29 is 18.5 Å². The van der Waals surface area contributed by atoms with Crippen LogP contribution in [0.2, 0.25) is 0 Å². The van der Waals surface area contributed by atoms with Crippen molar-refractivity contribution in [3.05, 3.63) is 35.9 Å². The summed E-state index contributed by atoms with van der Waals surface area (Å²) in [5.74, 6) is -0.182. The van der Waals surface area contributed by atoms with Crippen LogP contribution in [-0.2, 0) is 4.79 Å². The van der Waals surface area contributed by atoms with E-state index in [0.717, 1.165) is 25.7 Å². The van der Waals surface area contributed by atoms with E-state index in [1.54, 1.807) is 4.90 Å². The minimum absolute atomic E-state index is 0.0522. The van der Waals surface area contributed by atoms with E-state index in [1.807, 2.05) is 13.8 Å². The molecule has 1 aromatic heterocycles. The average molecular weight is 429 g/mol. The second-order valence-corrected chi connectivity index (χ2v) is 9.05. The minimum Gasteiger partial charge on any atom is -0.350 e. The molecule has 1 aromatic carbocycles. The van der Waals surface area contributed by atoms with Gasteiger partial charge in [-0.3, -0.25) is 9.59 Å². The first kappa shape index (κ1) is 21.5. The molecule has 2 amide bonds. The number of carbonyl (C=O) groups excluding carboxylic acids is 2. The highest BCUT2D eigenvalue weighted by atomic mass is 19.1. The van der Waals surface area contributed by atoms with Gasteiger partial charge >= 0.3 is 0 Å². The van der Waals surface area contributed by atoms with Crippen molar-refractivity contribution in [2.75, 3.05) is 6.54 Å². The molecule has 1 N–H and O–H groups in total. The van der Waals surface area contributed by atoms with Crippen LogP contribution >= 0.6 is 0 Å². The lowest BCUT2D eigenvalue weighted by atomic mass is 9.82. The van der Waals surface area contributed by atoms with Gasteiger partial charge in [0.25, 0.3) is 17.6 Å². The molecular formula is C23H29FN4O3. The lowest BCUT2D eigenvalue weighted by Crippen LogP contribution is -2.63. The van der Waals surface area contributed by atoms with Crippen molar-refractivity contribution in [2.45, 2.75) is 64.5 Å². The lowest BCUT2D eigenvalue weighted by molar-refractivity contribution is -0.131. The summed E-state index contributed by atoms with van der Waals surface area (Å²) in [4.78, 5) is 32.2. The molecule has 0 bridgehead atoms. The molecule has 4 rings (SSSR count). The van der Waals surface area contributed by atoms with E-state index in [1.165, 1.54) is 30.7 Å². The summed E-state index contributed by atoms with van der Waals surface area (Å²) >= 11 is 0. The Morgan fingerprint density at radius 1 is 1.23 bits per heavy atom. The fourth-order valence-electron chi connectivity index (χ4n) is 4.66. The van der Waals surface area contributed by atoms with Gasteiger partial charge in [0.1, 0.15) is 11.9 Å². The molecule has 1 unspecified atom stereocenters.